The van der Waals surface area contributed by atoms with E-state index in [-0.39, 0.29) is 6.10 Å². The quantitative estimate of drug-likeness (QED) is 0.840. The van der Waals surface area contributed by atoms with Gasteiger partial charge in [-0.3, -0.25) is 0 Å². The minimum Gasteiger partial charge on any atom is -0.391 e. The Morgan fingerprint density at radius 2 is 2.20 bits per heavy atom. The predicted octanol–water partition coefficient (Wildman–Crippen LogP) is 1.45. The summed E-state index contributed by atoms with van der Waals surface area (Å²) in [5.74, 6) is 1.34. The molecule has 5 heteroatoms. The number of nitrogens with zero attached hydrogens (tertiary/aromatic N) is 3. The second-order valence-corrected chi connectivity index (χ2v) is 4.91. The minimum absolute atomic E-state index is 0.251. The standard InChI is InChI=1S/C10H14BrN3O/c1-7-2-8(15)6-14(5-7)10-4-12-9(11)3-13-10/h3-4,7-8,15H,2,5-6H2,1H3. The molecule has 0 radical (unpaired) electrons. The first-order valence-corrected chi connectivity index (χ1v) is 5.85. The molecular weight excluding hydrogens is 258 g/mol. The third kappa shape index (κ3) is 2.66. The summed E-state index contributed by atoms with van der Waals surface area (Å²) >= 11 is 3.25. The van der Waals surface area contributed by atoms with Crippen molar-refractivity contribution in [2.45, 2.75) is 19.4 Å². The molecule has 0 bridgehead atoms. The van der Waals surface area contributed by atoms with Crippen LogP contribution in [0.4, 0.5) is 5.82 Å². The molecule has 1 aliphatic heterocycles. The van der Waals surface area contributed by atoms with Gasteiger partial charge in [-0.15, -0.1) is 0 Å². The van der Waals surface area contributed by atoms with E-state index in [4.69, 9.17) is 0 Å². The first-order valence-electron chi connectivity index (χ1n) is 5.05. The molecule has 1 saturated heterocycles. The Hall–Kier alpha value is -0.680. The molecule has 0 spiro atoms. The van der Waals surface area contributed by atoms with Gasteiger partial charge in [0.15, 0.2) is 0 Å². The molecule has 1 aliphatic rings. The van der Waals surface area contributed by atoms with Crippen molar-refractivity contribution in [1.82, 2.24) is 9.97 Å². The normalized spacial score (nSPS) is 26.7. The van der Waals surface area contributed by atoms with Crippen LogP contribution in [0, 0.1) is 5.92 Å². The van der Waals surface area contributed by atoms with Crippen molar-refractivity contribution in [3.05, 3.63) is 17.0 Å². The number of rotatable bonds is 1. The van der Waals surface area contributed by atoms with Crippen LogP contribution in [-0.2, 0) is 0 Å². The number of anilines is 1. The Kier molecular flexibility index (Phi) is 3.21. The second-order valence-electron chi connectivity index (χ2n) is 4.10. The molecule has 0 aromatic carbocycles. The van der Waals surface area contributed by atoms with Crippen molar-refractivity contribution in [2.24, 2.45) is 5.92 Å². The van der Waals surface area contributed by atoms with Gasteiger partial charge < -0.3 is 10.0 Å². The smallest absolute Gasteiger partial charge is 0.147 e. The van der Waals surface area contributed by atoms with Crippen LogP contribution in [0.3, 0.4) is 0 Å². The highest BCUT2D eigenvalue weighted by molar-refractivity contribution is 9.10. The van der Waals surface area contributed by atoms with E-state index in [1.807, 2.05) is 0 Å². The second kappa shape index (κ2) is 4.45. The molecule has 82 valence electrons. The van der Waals surface area contributed by atoms with Gasteiger partial charge in [-0.25, -0.2) is 9.97 Å². The average molecular weight is 272 g/mol. The molecule has 0 aliphatic carbocycles. The first kappa shape index (κ1) is 10.8. The third-order valence-corrected chi connectivity index (χ3v) is 2.98. The summed E-state index contributed by atoms with van der Waals surface area (Å²) in [6.45, 7) is 3.73. The largest absolute Gasteiger partial charge is 0.391 e. The Bertz CT molecular complexity index is 320. The van der Waals surface area contributed by atoms with Gasteiger partial charge in [-0.1, -0.05) is 6.92 Å². The van der Waals surface area contributed by atoms with E-state index < -0.39 is 0 Å². The summed E-state index contributed by atoms with van der Waals surface area (Å²) in [7, 11) is 0. The summed E-state index contributed by atoms with van der Waals surface area (Å²) in [5, 5.41) is 9.67. The third-order valence-electron chi connectivity index (χ3n) is 2.57. The fourth-order valence-corrected chi connectivity index (χ4v) is 2.18. The van der Waals surface area contributed by atoms with Gasteiger partial charge >= 0.3 is 0 Å². The molecule has 2 heterocycles. The lowest BCUT2D eigenvalue weighted by Gasteiger charge is -2.34. The number of hydrogen-bond donors (Lipinski definition) is 1. The van der Waals surface area contributed by atoms with E-state index in [1.165, 1.54) is 0 Å². The molecule has 1 N–H and O–H groups in total. The molecule has 15 heavy (non-hydrogen) atoms. The summed E-state index contributed by atoms with van der Waals surface area (Å²) in [5.41, 5.74) is 0. The van der Waals surface area contributed by atoms with Crippen molar-refractivity contribution >= 4 is 21.7 Å². The van der Waals surface area contributed by atoms with Crippen LogP contribution >= 0.6 is 15.9 Å². The van der Waals surface area contributed by atoms with Crippen LogP contribution < -0.4 is 4.90 Å². The minimum atomic E-state index is -0.251. The van der Waals surface area contributed by atoms with Crippen molar-refractivity contribution < 1.29 is 5.11 Å². The average Bonchev–Trinajstić information content (AvgIpc) is 2.17. The van der Waals surface area contributed by atoms with Crippen molar-refractivity contribution in [1.29, 1.82) is 0 Å². The first-order chi connectivity index (χ1) is 7.15. The molecule has 1 aromatic heterocycles. The zero-order valence-electron chi connectivity index (χ0n) is 8.60. The Balaban J connectivity index is 2.12. The van der Waals surface area contributed by atoms with Crippen LogP contribution in [0.15, 0.2) is 17.0 Å². The lowest BCUT2D eigenvalue weighted by molar-refractivity contribution is 0.132. The summed E-state index contributed by atoms with van der Waals surface area (Å²) in [6.07, 6.45) is 4.04. The van der Waals surface area contributed by atoms with E-state index in [2.05, 4.69) is 37.7 Å². The van der Waals surface area contributed by atoms with E-state index in [1.54, 1.807) is 12.4 Å². The number of aromatic nitrogens is 2. The number of aliphatic hydroxyl groups is 1. The van der Waals surface area contributed by atoms with Gasteiger partial charge in [-0.2, -0.15) is 0 Å². The Labute approximate surface area is 97.5 Å². The summed E-state index contributed by atoms with van der Waals surface area (Å²) in [4.78, 5) is 10.5. The number of piperidine rings is 1. The summed E-state index contributed by atoms with van der Waals surface area (Å²) < 4.78 is 0.733. The Morgan fingerprint density at radius 3 is 2.80 bits per heavy atom. The maximum Gasteiger partial charge on any atom is 0.147 e. The highest BCUT2D eigenvalue weighted by Crippen LogP contribution is 2.21. The van der Waals surface area contributed by atoms with Gasteiger partial charge in [0.2, 0.25) is 0 Å². The molecule has 2 rings (SSSR count). The van der Waals surface area contributed by atoms with E-state index in [0.29, 0.717) is 12.5 Å². The van der Waals surface area contributed by atoms with Crippen LogP contribution in [0.5, 0.6) is 0 Å². The van der Waals surface area contributed by atoms with Crippen molar-refractivity contribution in [2.75, 3.05) is 18.0 Å². The van der Waals surface area contributed by atoms with E-state index in [9.17, 15) is 5.11 Å². The number of aliphatic hydroxyl groups excluding tert-OH is 1. The van der Waals surface area contributed by atoms with E-state index in [0.717, 1.165) is 23.4 Å². The fourth-order valence-electron chi connectivity index (χ4n) is 1.97. The van der Waals surface area contributed by atoms with Gasteiger partial charge in [-0.05, 0) is 28.3 Å². The van der Waals surface area contributed by atoms with Crippen LogP contribution in [0.1, 0.15) is 13.3 Å². The number of hydrogen-bond acceptors (Lipinski definition) is 4. The predicted molar refractivity (Wildman–Crippen MR) is 61.7 cm³/mol. The topological polar surface area (TPSA) is 49.2 Å². The molecule has 2 atom stereocenters. The van der Waals surface area contributed by atoms with Crippen molar-refractivity contribution in [3.63, 3.8) is 0 Å². The number of β-amino-alcohol motifs (C(OH)–C–C–N with tert-alkyl or cyclic N) is 1. The van der Waals surface area contributed by atoms with Crippen molar-refractivity contribution in [3.8, 4) is 0 Å². The number of halogens is 1. The molecule has 0 saturated carbocycles. The lowest BCUT2D eigenvalue weighted by atomic mass is 9.98. The van der Waals surface area contributed by atoms with Crippen LogP contribution in [0.2, 0.25) is 0 Å². The molecule has 4 nitrogen and oxygen atoms in total. The highest BCUT2D eigenvalue weighted by atomic mass is 79.9. The molecule has 1 aromatic rings. The molecule has 2 unspecified atom stereocenters. The maximum atomic E-state index is 9.67. The van der Waals surface area contributed by atoms with Gasteiger partial charge in [0.25, 0.3) is 0 Å². The zero-order valence-corrected chi connectivity index (χ0v) is 10.2. The van der Waals surface area contributed by atoms with Gasteiger partial charge in [0.1, 0.15) is 10.4 Å². The molecular formula is C10H14BrN3O. The molecule has 1 fully saturated rings. The highest BCUT2D eigenvalue weighted by Gasteiger charge is 2.23. The monoisotopic (exact) mass is 271 g/mol. The SMILES string of the molecule is CC1CC(O)CN(c2cnc(Br)cn2)C1. The zero-order chi connectivity index (χ0) is 10.8. The summed E-state index contributed by atoms with van der Waals surface area (Å²) in [6, 6.07) is 0. The van der Waals surface area contributed by atoms with Crippen LogP contribution in [-0.4, -0.2) is 34.3 Å². The van der Waals surface area contributed by atoms with Gasteiger partial charge in [0, 0.05) is 13.1 Å². The fraction of sp³-hybridized carbons (Fsp3) is 0.600. The van der Waals surface area contributed by atoms with Gasteiger partial charge in [0.05, 0.1) is 18.5 Å². The maximum absolute atomic E-state index is 9.67. The lowest BCUT2D eigenvalue weighted by Crippen LogP contribution is -2.42. The van der Waals surface area contributed by atoms with Crippen LogP contribution in [0.25, 0.3) is 0 Å². The molecule has 0 amide bonds. The Morgan fingerprint density at radius 1 is 1.40 bits per heavy atom. The van der Waals surface area contributed by atoms with E-state index >= 15 is 0 Å².